The number of aromatic nitrogens is 1. The largest absolute Gasteiger partial charge is 0.466 e. The molecule has 0 spiro atoms. The van der Waals surface area contributed by atoms with E-state index >= 15 is 0 Å². The summed E-state index contributed by atoms with van der Waals surface area (Å²) >= 11 is 0. The van der Waals surface area contributed by atoms with E-state index in [9.17, 15) is 9.59 Å². The molecule has 38 heavy (non-hydrogen) atoms. The summed E-state index contributed by atoms with van der Waals surface area (Å²) in [5.74, 6) is 0.584. The molecule has 5 rings (SSSR count). The van der Waals surface area contributed by atoms with Crippen molar-refractivity contribution in [3.8, 4) is 22.5 Å². The number of carbonyl (C=O) groups excluding carboxylic acids is 2. The quantitative estimate of drug-likeness (QED) is 0.250. The van der Waals surface area contributed by atoms with Crippen molar-refractivity contribution in [1.82, 2.24) is 5.16 Å². The topological polar surface area (TPSA) is 90.7 Å². The van der Waals surface area contributed by atoms with Gasteiger partial charge in [0, 0.05) is 5.56 Å². The molecule has 0 radical (unpaired) electrons. The molecule has 1 N–H and O–H groups in total. The van der Waals surface area contributed by atoms with Crippen LogP contribution in [-0.2, 0) is 14.3 Å². The lowest BCUT2D eigenvalue weighted by molar-refractivity contribution is -0.144. The van der Waals surface area contributed by atoms with Crippen LogP contribution in [0.3, 0.4) is 0 Å². The predicted octanol–water partition coefficient (Wildman–Crippen LogP) is 7.29. The van der Waals surface area contributed by atoms with Crippen molar-refractivity contribution < 1.29 is 23.6 Å². The molecule has 0 aliphatic heterocycles. The first kappa shape index (κ1) is 25.3. The molecule has 1 saturated carbocycles. The summed E-state index contributed by atoms with van der Waals surface area (Å²) in [6.07, 6.45) is -0.133. The second kappa shape index (κ2) is 10.9. The highest BCUT2D eigenvalue weighted by molar-refractivity contribution is 5.91. The lowest BCUT2D eigenvalue weighted by Crippen LogP contribution is -2.16. The molecule has 4 aromatic rings. The Morgan fingerprint density at radius 2 is 1.61 bits per heavy atom. The van der Waals surface area contributed by atoms with E-state index < -0.39 is 12.2 Å². The number of hydrogen-bond acceptors (Lipinski definition) is 6. The van der Waals surface area contributed by atoms with E-state index in [0.717, 1.165) is 34.2 Å². The van der Waals surface area contributed by atoms with Gasteiger partial charge in [-0.25, -0.2) is 4.79 Å². The Balaban J connectivity index is 1.25. The van der Waals surface area contributed by atoms with E-state index in [1.165, 1.54) is 0 Å². The molecule has 7 nitrogen and oxygen atoms in total. The zero-order valence-corrected chi connectivity index (χ0v) is 21.6. The van der Waals surface area contributed by atoms with Crippen molar-refractivity contribution in [3.05, 3.63) is 95.7 Å². The number of ether oxygens (including phenoxy) is 2. The Labute approximate surface area is 221 Å². The molecule has 3 aromatic carbocycles. The van der Waals surface area contributed by atoms with Crippen LogP contribution in [0.2, 0.25) is 0 Å². The lowest BCUT2D eigenvalue weighted by Gasteiger charge is -2.14. The number of anilines is 1. The molecule has 1 heterocycles. The number of aryl methyl sites for hydroxylation is 1. The normalized spacial score (nSPS) is 16.9. The average Bonchev–Trinajstić information content (AvgIpc) is 3.67. The minimum Gasteiger partial charge on any atom is -0.466 e. The summed E-state index contributed by atoms with van der Waals surface area (Å²) in [4.78, 5) is 24.6. The highest BCUT2D eigenvalue weighted by atomic mass is 16.6. The Kier molecular flexibility index (Phi) is 7.26. The molecular formula is C31H30N2O5. The summed E-state index contributed by atoms with van der Waals surface area (Å²) in [5, 5.41) is 6.84. The molecule has 1 fully saturated rings. The van der Waals surface area contributed by atoms with Gasteiger partial charge in [-0.3, -0.25) is 10.1 Å². The number of carbonyl (C=O) groups is 2. The van der Waals surface area contributed by atoms with Crippen LogP contribution in [-0.4, -0.2) is 23.8 Å². The number of rotatable bonds is 8. The van der Waals surface area contributed by atoms with Crippen LogP contribution in [0.1, 0.15) is 49.1 Å². The number of esters is 1. The van der Waals surface area contributed by atoms with E-state index in [-0.39, 0.29) is 17.8 Å². The van der Waals surface area contributed by atoms with Gasteiger partial charge in [0.2, 0.25) is 0 Å². The standard InChI is InChI=1S/C31H30N2O5/c1-4-36-30(34)27-18-26(27)24-14-10-22(11-15-24)23-12-16-25(17-13-23)29-28(19(2)33-38-29)32-31(35)37-20(3)21-8-6-5-7-9-21/h5-17,20,26-27H,4,18H2,1-3H3,(H,32,35)/t20-,26?,27?/m1/s1. The monoisotopic (exact) mass is 510 g/mol. The molecule has 2 unspecified atom stereocenters. The summed E-state index contributed by atoms with van der Waals surface area (Å²) in [6, 6.07) is 25.7. The molecular weight excluding hydrogens is 480 g/mol. The summed E-state index contributed by atoms with van der Waals surface area (Å²) in [5.41, 5.74) is 6.00. The number of benzene rings is 3. The van der Waals surface area contributed by atoms with Crippen LogP contribution in [0.5, 0.6) is 0 Å². The maximum Gasteiger partial charge on any atom is 0.412 e. The molecule has 1 aliphatic carbocycles. The first-order valence-corrected chi connectivity index (χ1v) is 12.8. The van der Waals surface area contributed by atoms with Crippen molar-refractivity contribution in [2.24, 2.45) is 5.92 Å². The molecule has 0 saturated heterocycles. The van der Waals surface area contributed by atoms with E-state index in [1.807, 2.05) is 68.4 Å². The fourth-order valence-electron chi connectivity index (χ4n) is 4.61. The van der Waals surface area contributed by atoms with Crippen molar-refractivity contribution >= 4 is 17.7 Å². The average molecular weight is 511 g/mol. The first-order chi connectivity index (χ1) is 18.4. The van der Waals surface area contributed by atoms with Gasteiger partial charge in [0.15, 0.2) is 5.76 Å². The van der Waals surface area contributed by atoms with E-state index in [2.05, 4.69) is 34.7 Å². The number of nitrogens with one attached hydrogen (secondary N) is 1. The van der Waals surface area contributed by atoms with Crippen LogP contribution in [0.4, 0.5) is 10.5 Å². The Hall–Kier alpha value is -4.39. The van der Waals surface area contributed by atoms with Gasteiger partial charge in [0.1, 0.15) is 17.5 Å². The van der Waals surface area contributed by atoms with Gasteiger partial charge in [-0.05, 0) is 55.4 Å². The Morgan fingerprint density at radius 1 is 0.974 bits per heavy atom. The van der Waals surface area contributed by atoms with Gasteiger partial charge in [0.25, 0.3) is 0 Å². The fraction of sp³-hybridized carbons (Fsp3) is 0.258. The minimum atomic E-state index is -0.577. The second-order valence-electron chi connectivity index (χ2n) is 9.46. The van der Waals surface area contributed by atoms with Gasteiger partial charge < -0.3 is 14.0 Å². The van der Waals surface area contributed by atoms with Crippen LogP contribution < -0.4 is 5.32 Å². The molecule has 1 amide bonds. The minimum absolute atomic E-state index is 0.0212. The van der Waals surface area contributed by atoms with Crippen molar-refractivity contribution in [2.45, 2.75) is 39.2 Å². The van der Waals surface area contributed by atoms with E-state index in [4.69, 9.17) is 14.0 Å². The number of amides is 1. The molecule has 1 aromatic heterocycles. The Morgan fingerprint density at radius 3 is 2.26 bits per heavy atom. The third-order valence-corrected chi connectivity index (χ3v) is 6.84. The summed E-state index contributed by atoms with van der Waals surface area (Å²) < 4.78 is 16.2. The van der Waals surface area contributed by atoms with Crippen molar-refractivity contribution in [1.29, 1.82) is 0 Å². The van der Waals surface area contributed by atoms with Crippen LogP contribution in [0, 0.1) is 12.8 Å². The van der Waals surface area contributed by atoms with Crippen LogP contribution in [0.15, 0.2) is 83.4 Å². The van der Waals surface area contributed by atoms with Gasteiger partial charge >= 0.3 is 12.1 Å². The number of hydrogen-bond donors (Lipinski definition) is 1. The third-order valence-electron chi connectivity index (χ3n) is 6.84. The highest BCUT2D eigenvalue weighted by Gasteiger charge is 2.45. The molecule has 0 bridgehead atoms. The van der Waals surface area contributed by atoms with Crippen molar-refractivity contribution in [2.75, 3.05) is 11.9 Å². The Bertz CT molecular complexity index is 1410. The molecule has 194 valence electrons. The zero-order chi connectivity index (χ0) is 26.6. The SMILES string of the molecule is CCOC(=O)C1CC1c1ccc(-c2ccc(-c3onc(C)c3NC(=O)O[C@H](C)c3ccccc3)cc2)cc1. The van der Waals surface area contributed by atoms with Gasteiger partial charge in [-0.15, -0.1) is 0 Å². The smallest absolute Gasteiger partial charge is 0.412 e. The highest BCUT2D eigenvalue weighted by Crippen LogP contribution is 2.48. The second-order valence-corrected chi connectivity index (χ2v) is 9.46. The predicted molar refractivity (Wildman–Crippen MR) is 145 cm³/mol. The lowest BCUT2D eigenvalue weighted by atomic mass is 10.00. The van der Waals surface area contributed by atoms with Crippen molar-refractivity contribution in [3.63, 3.8) is 0 Å². The molecule has 1 aliphatic rings. The molecule has 3 atom stereocenters. The molecule has 7 heteroatoms. The van der Waals surface area contributed by atoms with Gasteiger partial charge in [-0.2, -0.15) is 0 Å². The van der Waals surface area contributed by atoms with Crippen LogP contribution >= 0.6 is 0 Å². The zero-order valence-electron chi connectivity index (χ0n) is 21.6. The maximum atomic E-state index is 12.6. The summed E-state index contributed by atoms with van der Waals surface area (Å²) in [7, 11) is 0. The van der Waals surface area contributed by atoms with Gasteiger partial charge in [0.05, 0.1) is 12.5 Å². The number of nitrogens with zero attached hydrogens (tertiary/aromatic N) is 1. The van der Waals surface area contributed by atoms with E-state index in [1.54, 1.807) is 6.92 Å². The third kappa shape index (κ3) is 5.47. The first-order valence-electron chi connectivity index (χ1n) is 12.8. The van der Waals surface area contributed by atoms with Crippen LogP contribution in [0.25, 0.3) is 22.5 Å². The van der Waals surface area contributed by atoms with Gasteiger partial charge in [-0.1, -0.05) is 84.0 Å². The summed E-state index contributed by atoms with van der Waals surface area (Å²) in [6.45, 7) is 5.84. The maximum absolute atomic E-state index is 12.6. The van der Waals surface area contributed by atoms with E-state index in [0.29, 0.717) is 23.7 Å². The fourth-order valence-corrected chi connectivity index (χ4v) is 4.61.